The zero-order chi connectivity index (χ0) is 17.8. The molecule has 1 atom stereocenters. The molecule has 3 rings (SSSR count). The van der Waals surface area contributed by atoms with Crippen molar-refractivity contribution in [2.45, 2.75) is 26.3 Å². The highest BCUT2D eigenvalue weighted by Crippen LogP contribution is 2.26. The number of nitrogens with one attached hydrogen (secondary N) is 1. The van der Waals surface area contributed by atoms with Crippen LogP contribution in [0.5, 0.6) is 0 Å². The topological polar surface area (TPSA) is 34.0 Å². The average molecular weight is 336 g/mol. The molecule has 0 aliphatic rings. The second-order valence-electron chi connectivity index (χ2n) is 6.22. The van der Waals surface area contributed by atoms with E-state index in [4.69, 9.17) is 0 Å². The maximum absolute atomic E-state index is 13.7. The Morgan fingerprint density at radius 1 is 1.04 bits per heavy atom. The van der Waals surface area contributed by atoms with Gasteiger partial charge in [0.25, 0.3) is 0 Å². The largest absolute Gasteiger partial charge is 0.346 e. The third-order valence-corrected chi connectivity index (χ3v) is 4.37. The molecule has 0 aliphatic heterocycles. The standard InChI is InChI=1S/C21H21FN2O/c1-15-7-3-4-8-18(15)20(24-11-5-6-12-24)14-21(25)23-17-10-9-16(2)19(22)13-17/h3-13,20H,14H2,1-2H3,(H,23,25). The van der Waals surface area contributed by atoms with Crippen molar-refractivity contribution in [2.24, 2.45) is 0 Å². The minimum Gasteiger partial charge on any atom is -0.346 e. The highest BCUT2D eigenvalue weighted by atomic mass is 19.1. The summed E-state index contributed by atoms with van der Waals surface area (Å²) in [4.78, 5) is 12.6. The minimum atomic E-state index is -0.321. The van der Waals surface area contributed by atoms with Gasteiger partial charge in [0.05, 0.1) is 12.5 Å². The van der Waals surface area contributed by atoms with Gasteiger partial charge in [0.15, 0.2) is 0 Å². The molecule has 0 saturated carbocycles. The second-order valence-corrected chi connectivity index (χ2v) is 6.22. The molecule has 0 fully saturated rings. The van der Waals surface area contributed by atoms with Gasteiger partial charge in [-0.2, -0.15) is 0 Å². The van der Waals surface area contributed by atoms with Gasteiger partial charge in [0, 0.05) is 18.1 Å². The van der Waals surface area contributed by atoms with Gasteiger partial charge in [-0.3, -0.25) is 4.79 Å². The molecule has 128 valence electrons. The minimum absolute atomic E-state index is 0.105. The molecule has 1 heterocycles. The summed E-state index contributed by atoms with van der Waals surface area (Å²) in [5, 5.41) is 2.80. The Kier molecular flexibility index (Phi) is 4.98. The van der Waals surface area contributed by atoms with Crippen molar-refractivity contribution in [3.63, 3.8) is 0 Å². The zero-order valence-electron chi connectivity index (χ0n) is 14.4. The van der Waals surface area contributed by atoms with Crippen molar-refractivity contribution < 1.29 is 9.18 Å². The van der Waals surface area contributed by atoms with Crippen molar-refractivity contribution in [3.8, 4) is 0 Å². The summed E-state index contributed by atoms with van der Waals surface area (Å²) >= 11 is 0. The summed E-state index contributed by atoms with van der Waals surface area (Å²) in [5.74, 6) is -0.469. The molecular weight excluding hydrogens is 315 g/mol. The van der Waals surface area contributed by atoms with E-state index in [1.165, 1.54) is 6.07 Å². The lowest BCUT2D eigenvalue weighted by molar-refractivity contribution is -0.116. The first kappa shape index (κ1) is 17.0. The van der Waals surface area contributed by atoms with E-state index in [2.05, 4.69) is 5.32 Å². The van der Waals surface area contributed by atoms with Crippen molar-refractivity contribution in [2.75, 3.05) is 5.32 Å². The first-order chi connectivity index (χ1) is 12.0. The van der Waals surface area contributed by atoms with Crippen LogP contribution in [0.3, 0.4) is 0 Å². The fourth-order valence-electron chi connectivity index (χ4n) is 2.95. The lowest BCUT2D eigenvalue weighted by Crippen LogP contribution is -2.20. The van der Waals surface area contributed by atoms with Gasteiger partial charge in [0.1, 0.15) is 5.82 Å². The SMILES string of the molecule is Cc1ccc(NC(=O)CC(c2ccccc2C)n2cccc2)cc1F. The van der Waals surface area contributed by atoms with Crippen molar-refractivity contribution >= 4 is 11.6 Å². The van der Waals surface area contributed by atoms with Crippen LogP contribution in [0.15, 0.2) is 67.0 Å². The van der Waals surface area contributed by atoms with Crippen LogP contribution in [0.4, 0.5) is 10.1 Å². The van der Waals surface area contributed by atoms with Gasteiger partial charge in [0.2, 0.25) is 5.91 Å². The van der Waals surface area contributed by atoms with Crippen LogP contribution in [0.2, 0.25) is 0 Å². The smallest absolute Gasteiger partial charge is 0.226 e. The molecule has 0 spiro atoms. The maximum Gasteiger partial charge on any atom is 0.226 e. The van der Waals surface area contributed by atoms with E-state index < -0.39 is 0 Å². The van der Waals surface area contributed by atoms with Crippen LogP contribution < -0.4 is 5.32 Å². The Morgan fingerprint density at radius 2 is 1.76 bits per heavy atom. The highest BCUT2D eigenvalue weighted by molar-refractivity contribution is 5.91. The number of rotatable bonds is 5. The number of amides is 1. The zero-order valence-corrected chi connectivity index (χ0v) is 14.4. The molecule has 1 N–H and O–H groups in total. The normalized spacial score (nSPS) is 12.0. The van der Waals surface area contributed by atoms with Crippen LogP contribution in [-0.4, -0.2) is 10.5 Å². The molecular formula is C21H21FN2O. The summed E-state index contributed by atoms with van der Waals surface area (Å²) in [6.07, 6.45) is 4.18. The van der Waals surface area contributed by atoms with Crippen molar-refractivity contribution in [1.82, 2.24) is 4.57 Å². The molecule has 1 aromatic heterocycles. The number of hydrogen-bond acceptors (Lipinski definition) is 1. The molecule has 0 saturated heterocycles. The second kappa shape index (κ2) is 7.34. The fraction of sp³-hybridized carbons (Fsp3) is 0.190. The number of halogens is 1. The van der Waals surface area contributed by atoms with Crippen LogP contribution in [0.1, 0.15) is 29.2 Å². The Labute approximate surface area is 147 Å². The van der Waals surface area contributed by atoms with E-state index in [0.717, 1.165) is 11.1 Å². The summed E-state index contributed by atoms with van der Waals surface area (Å²) in [5.41, 5.74) is 3.27. The molecule has 4 heteroatoms. The summed E-state index contributed by atoms with van der Waals surface area (Å²) in [6.45, 7) is 3.74. The van der Waals surface area contributed by atoms with Gasteiger partial charge in [-0.1, -0.05) is 30.3 Å². The number of benzene rings is 2. The van der Waals surface area contributed by atoms with Crippen LogP contribution in [-0.2, 0) is 4.79 Å². The van der Waals surface area contributed by atoms with Crippen molar-refractivity contribution in [3.05, 3.63) is 89.5 Å². The number of carbonyl (C=O) groups is 1. The Morgan fingerprint density at radius 3 is 2.44 bits per heavy atom. The molecule has 3 aromatic rings. The third kappa shape index (κ3) is 3.97. The molecule has 1 amide bonds. The number of aromatic nitrogens is 1. The molecule has 25 heavy (non-hydrogen) atoms. The van der Waals surface area contributed by atoms with E-state index in [0.29, 0.717) is 11.3 Å². The monoisotopic (exact) mass is 336 g/mol. The quantitative estimate of drug-likeness (QED) is 0.709. The lowest BCUT2D eigenvalue weighted by Gasteiger charge is -2.21. The summed E-state index contributed by atoms with van der Waals surface area (Å²) in [7, 11) is 0. The van der Waals surface area contributed by atoms with E-state index in [9.17, 15) is 9.18 Å². The highest BCUT2D eigenvalue weighted by Gasteiger charge is 2.19. The Bertz CT molecular complexity index is 871. The van der Waals surface area contributed by atoms with Crippen LogP contribution >= 0.6 is 0 Å². The first-order valence-electron chi connectivity index (χ1n) is 8.28. The lowest BCUT2D eigenvalue weighted by atomic mass is 9.98. The predicted octanol–water partition coefficient (Wildman–Crippen LogP) is 4.86. The first-order valence-corrected chi connectivity index (χ1v) is 8.28. The van der Waals surface area contributed by atoms with Gasteiger partial charge < -0.3 is 9.88 Å². The molecule has 2 aromatic carbocycles. The van der Waals surface area contributed by atoms with Gasteiger partial charge in [-0.15, -0.1) is 0 Å². The molecule has 0 bridgehead atoms. The average Bonchev–Trinajstić information content (AvgIpc) is 3.11. The molecule has 0 radical (unpaired) electrons. The molecule has 3 nitrogen and oxygen atoms in total. The van der Waals surface area contributed by atoms with Crippen LogP contribution in [0, 0.1) is 19.7 Å². The number of anilines is 1. The number of hydrogen-bond donors (Lipinski definition) is 1. The Balaban J connectivity index is 1.82. The maximum atomic E-state index is 13.7. The fourth-order valence-corrected chi connectivity index (χ4v) is 2.95. The summed E-state index contributed by atoms with van der Waals surface area (Å²) in [6, 6.07) is 16.6. The Hall–Kier alpha value is -2.88. The number of carbonyl (C=O) groups excluding carboxylic acids is 1. The van der Waals surface area contributed by atoms with Gasteiger partial charge in [-0.05, 0) is 54.8 Å². The molecule has 0 aliphatic carbocycles. The van der Waals surface area contributed by atoms with E-state index >= 15 is 0 Å². The molecule has 1 unspecified atom stereocenters. The number of aryl methyl sites for hydroxylation is 2. The van der Waals surface area contributed by atoms with Crippen LogP contribution in [0.25, 0.3) is 0 Å². The third-order valence-electron chi connectivity index (χ3n) is 4.37. The van der Waals surface area contributed by atoms with E-state index in [-0.39, 0.29) is 24.2 Å². The summed E-state index contributed by atoms with van der Waals surface area (Å²) < 4.78 is 15.7. The van der Waals surface area contributed by atoms with E-state index in [1.807, 2.05) is 60.3 Å². The van der Waals surface area contributed by atoms with E-state index in [1.54, 1.807) is 19.1 Å². The number of nitrogens with zero attached hydrogens (tertiary/aromatic N) is 1. The van der Waals surface area contributed by atoms with Gasteiger partial charge in [-0.25, -0.2) is 4.39 Å². The predicted molar refractivity (Wildman–Crippen MR) is 98.1 cm³/mol. The van der Waals surface area contributed by atoms with Gasteiger partial charge >= 0.3 is 0 Å². The van der Waals surface area contributed by atoms with Crippen molar-refractivity contribution in [1.29, 1.82) is 0 Å².